The molecule has 2 aliphatic rings. The van der Waals surface area contributed by atoms with Crippen LogP contribution in [-0.2, 0) is 14.8 Å². The number of carbonyl (C=O) groups is 1. The molecule has 1 atom stereocenters. The molecule has 0 saturated carbocycles. The van der Waals surface area contributed by atoms with Crippen molar-refractivity contribution in [3.05, 3.63) is 53.1 Å². The summed E-state index contributed by atoms with van der Waals surface area (Å²) in [4.78, 5) is 17.9. The Labute approximate surface area is 209 Å². The molecule has 0 N–H and O–H groups in total. The molecule has 2 heterocycles. The summed E-state index contributed by atoms with van der Waals surface area (Å²) in [5, 5.41) is 0. The van der Waals surface area contributed by atoms with Crippen LogP contribution in [0.1, 0.15) is 36.5 Å². The zero-order valence-corrected chi connectivity index (χ0v) is 22.1. The van der Waals surface area contributed by atoms with Gasteiger partial charge in [0, 0.05) is 45.0 Å². The number of sulfonamides is 1. The van der Waals surface area contributed by atoms with Crippen LogP contribution < -0.4 is 9.64 Å². The van der Waals surface area contributed by atoms with Crippen molar-refractivity contribution in [2.75, 3.05) is 50.8 Å². The van der Waals surface area contributed by atoms with E-state index in [0.29, 0.717) is 38.4 Å². The second-order valence-corrected chi connectivity index (χ2v) is 11.5. The van der Waals surface area contributed by atoms with Crippen LogP contribution in [0.15, 0.2) is 41.3 Å². The number of anilines is 1. The molecule has 2 saturated heterocycles. The van der Waals surface area contributed by atoms with E-state index in [2.05, 4.69) is 36.9 Å². The molecule has 0 radical (unpaired) electrons. The smallest absolute Gasteiger partial charge is 0.243 e. The van der Waals surface area contributed by atoms with Crippen molar-refractivity contribution in [1.82, 2.24) is 9.21 Å². The van der Waals surface area contributed by atoms with Gasteiger partial charge in [-0.2, -0.15) is 4.31 Å². The average molecular weight is 500 g/mol. The summed E-state index contributed by atoms with van der Waals surface area (Å²) in [6.07, 6.45) is 1.42. The van der Waals surface area contributed by atoms with E-state index in [4.69, 9.17) is 4.74 Å². The fraction of sp³-hybridized carbons (Fsp3) is 0.519. The van der Waals surface area contributed by atoms with E-state index in [1.54, 1.807) is 18.2 Å². The zero-order valence-electron chi connectivity index (χ0n) is 21.3. The van der Waals surface area contributed by atoms with Crippen LogP contribution in [0.2, 0.25) is 0 Å². The van der Waals surface area contributed by atoms with Crippen molar-refractivity contribution >= 4 is 21.6 Å². The molecule has 2 fully saturated rings. The molecule has 190 valence electrons. The lowest BCUT2D eigenvalue weighted by Crippen LogP contribution is -2.53. The Kier molecular flexibility index (Phi) is 7.71. The molecule has 0 aromatic heterocycles. The van der Waals surface area contributed by atoms with Crippen molar-refractivity contribution in [3.8, 4) is 5.75 Å². The topological polar surface area (TPSA) is 70.2 Å². The highest BCUT2D eigenvalue weighted by Gasteiger charge is 2.36. The number of benzene rings is 2. The molecule has 7 nitrogen and oxygen atoms in total. The maximum atomic E-state index is 13.4. The van der Waals surface area contributed by atoms with Gasteiger partial charge in [0.1, 0.15) is 5.75 Å². The Hall–Kier alpha value is -2.58. The van der Waals surface area contributed by atoms with Gasteiger partial charge in [-0.1, -0.05) is 12.1 Å². The van der Waals surface area contributed by atoms with Gasteiger partial charge in [0.2, 0.25) is 15.9 Å². The minimum absolute atomic E-state index is 0.0772. The van der Waals surface area contributed by atoms with Crippen LogP contribution in [0.4, 0.5) is 5.69 Å². The van der Waals surface area contributed by atoms with Gasteiger partial charge in [0.05, 0.1) is 17.4 Å². The van der Waals surface area contributed by atoms with Gasteiger partial charge in [-0.25, -0.2) is 8.42 Å². The van der Waals surface area contributed by atoms with E-state index < -0.39 is 10.0 Å². The van der Waals surface area contributed by atoms with Crippen LogP contribution >= 0.6 is 0 Å². The fourth-order valence-electron chi connectivity index (χ4n) is 5.12. The van der Waals surface area contributed by atoms with Crippen LogP contribution in [0.5, 0.6) is 5.75 Å². The lowest BCUT2D eigenvalue weighted by molar-refractivity contribution is -0.137. The standard InChI is InChI=1S/C27H37N3O4S/c1-5-34-26-12-11-24(18-21(26)3)35(32,33)30-13-7-9-23(19-30)27(31)29-16-14-28(15-17-29)25-10-6-8-20(2)22(25)4/h6,8,10-12,18,23H,5,7,9,13-17,19H2,1-4H3/t23-/m0/s1. The monoisotopic (exact) mass is 499 g/mol. The normalized spacial score (nSPS) is 19.6. The molecule has 1 amide bonds. The Bertz CT molecular complexity index is 1170. The minimum atomic E-state index is -3.67. The first-order chi connectivity index (χ1) is 16.7. The summed E-state index contributed by atoms with van der Waals surface area (Å²) in [6, 6.07) is 11.3. The van der Waals surface area contributed by atoms with E-state index >= 15 is 0 Å². The van der Waals surface area contributed by atoms with Crippen LogP contribution in [-0.4, -0.2) is 69.4 Å². The first-order valence-corrected chi connectivity index (χ1v) is 14.0. The molecule has 2 aliphatic heterocycles. The number of carbonyl (C=O) groups excluding carboxylic acids is 1. The quantitative estimate of drug-likeness (QED) is 0.605. The van der Waals surface area contributed by atoms with Gasteiger partial charge in [-0.15, -0.1) is 0 Å². The zero-order chi connectivity index (χ0) is 25.2. The summed E-state index contributed by atoms with van der Waals surface area (Å²) >= 11 is 0. The number of piperazine rings is 1. The Balaban J connectivity index is 1.40. The second kappa shape index (κ2) is 10.6. The third-order valence-corrected chi connectivity index (χ3v) is 9.19. The number of nitrogens with zero attached hydrogens (tertiary/aromatic N) is 3. The number of aryl methyl sites for hydroxylation is 2. The molecule has 35 heavy (non-hydrogen) atoms. The van der Waals surface area contributed by atoms with E-state index in [0.717, 1.165) is 25.1 Å². The number of hydrogen-bond donors (Lipinski definition) is 0. The Morgan fingerprint density at radius 2 is 1.74 bits per heavy atom. The minimum Gasteiger partial charge on any atom is -0.494 e. The average Bonchev–Trinajstić information content (AvgIpc) is 2.87. The predicted octanol–water partition coefficient (Wildman–Crippen LogP) is 3.76. The molecule has 0 spiro atoms. The number of ether oxygens (including phenoxy) is 1. The van der Waals surface area contributed by atoms with Crippen LogP contribution in [0, 0.1) is 26.7 Å². The predicted molar refractivity (Wildman–Crippen MR) is 139 cm³/mol. The highest BCUT2D eigenvalue weighted by atomic mass is 32.2. The van der Waals surface area contributed by atoms with Crippen molar-refractivity contribution < 1.29 is 17.9 Å². The highest BCUT2D eigenvalue weighted by Crippen LogP contribution is 2.29. The summed E-state index contributed by atoms with van der Waals surface area (Å²) in [5.74, 6) is 0.473. The Morgan fingerprint density at radius 3 is 2.43 bits per heavy atom. The van der Waals surface area contributed by atoms with E-state index in [1.807, 2.05) is 18.7 Å². The van der Waals surface area contributed by atoms with E-state index in [9.17, 15) is 13.2 Å². The molecule has 8 heteroatoms. The molecule has 2 aromatic rings. The molecule has 0 unspecified atom stereocenters. The summed E-state index contributed by atoms with van der Waals surface area (Å²) < 4.78 is 33.8. The maximum absolute atomic E-state index is 13.4. The number of piperidine rings is 1. The van der Waals surface area contributed by atoms with Crippen LogP contribution in [0.3, 0.4) is 0 Å². The third kappa shape index (κ3) is 5.33. The van der Waals surface area contributed by atoms with Crippen molar-refractivity contribution in [2.24, 2.45) is 5.92 Å². The molecule has 2 aromatic carbocycles. The molecule has 4 rings (SSSR count). The largest absolute Gasteiger partial charge is 0.494 e. The fourth-order valence-corrected chi connectivity index (χ4v) is 6.72. The summed E-state index contributed by atoms with van der Waals surface area (Å²) in [6.45, 7) is 12.1. The van der Waals surface area contributed by atoms with Gasteiger partial charge >= 0.3 is 0 Å². The lowest BCUT2D eigenvalue weighted by atomic mass is 9.97. The SMILES string of the molecule is CCOc1ccc(S(=O)(=O)N2CCC[C@H](C(=O)N3CCN(c4cccc(C)c4C)CC3)C2)cc1C. The van der Waals surface area contributed by atoms with Crippen LogP contribution in [0.25, 0.3) is 0 Å². The summed E-state index contributed by atoms with van der Waals surface area (Å²) in [7, 11) is -3.67. The van der Waals surface area contributed by atoms with Gasteiger partial charge in [0.15, 0.2) is 0 Å². The van der Waals surface area contributed by atoms with Crippen molar-refractivity contribution in [3.63, 3.8) is 0 Å². The number of rotatable bonds is 6. The first-order valence-electron chi connectivity index (χ1n) is 12.6. The summed E-state index contributed by atoms with van der Waals surface area (Å²) in [5.41, 5.74) is 4.58. The maximum Gasteiger partial charge on any atom is 0.243 e. The number of hydrogen-bond acceptors (Lipinski definition) is 5. The van der Waals surface area contributed by atoms with Gasteiger partial charge < -0.3 is 14.5 Å². The third-order valence-electron chi connectivity index (χ3n) is 7.33. The van der Waals surface area contributed by atoms with E-state index in [1.165, 1.54) is 21.1 Å². The van der Waals surface area contributed by atoms with Crippen molar-refractivity contribution in [2.45, 2.75) is 45.4 Å². The molecular formula is C27H37N3O4S. The molecular weight excluding hydrogens is 462 g/mol. The number of amides is 1. The highest BCUT2D eigenvalue weighted by molar-refractivity contribution is 7.89. The van der Waals surface area contributed by atoms with Gasteiger partial charge in [0.25, 0.3) is 0 Å². The van der Waals surface area contributed by atoms with E-state index in [-0.39, 0.29) is 23.3 Å². The first kappa shape index (κ1) is 25.5. The van der Waals surface area contributed by atoms with Gasteiger partial charge in [-0.3, -0.25) is 4.79 Å². The molecule has 0 bridgehead atoms. The second-order valence-electron chi connectivity index (χ2n) is 9.59. The lowest BCUT2D eigenvalue weighted by Gasteiger charge is -2.40. The molecule has 0 aliphatic carbocycles. The van der Waals surface area contributed by atoms with Crippen molar-refractivity contribution in [1.29, 1.82) is 0 Å². The van der Waals surface area contributed by atoms with Gasteiger partial charge in [-0.05, 0) is 81.5 Å². The Morgan fingerprint density at radius 1 is 1.00 bits per heavy atom.